The fourth-order valence-electron chi connectivity index (χ4n) is 1.69. The lowest BCUT2D eigenvalue weighted by Gasteiger charge is -2.12. The first-order valence-corrected chi connectivity index (χ1v) is 4.69. The molecule has 14 heavy (non-hydrogen) atoms. The van der Waals surface area contributed by atoms with Gasteiger partial charge in [-0.3, -0.25) is 9.59 Å². The number of amides is 1. The highest BCUT2D eigenvalue weighted by molar-refractivity contribution is 5.76. The van der Waals surface area contributed by atoms with Crippen molar-refractivity contribution in [3.05, 3.63) is 33.7 Å². The number of fused-ring (bicyclic) bond motifs is 1. The van der Waals surface area contributed by atoms with E-state index in [1.807, 2.05) is 6.92 Å². The molecule has 1 aliphatic heterocycles. The van der Waals surface area contributed by atoms with Crippen molar-refractivity contribution in [3.63, 3.8) is 0 Å². The number of hydrogen-bond donors (Lipinski definition) is 1. The summed E-state index contributed by atoms with van der Waals surface area (Å²) in [6, 6.07) is 3.29. The topological polar surface area (TPSA) is 53.2 Å². The van der Waals surface area contributed by atoms with Crippen LogP contribution in [-0.2, 0) is 17.9 Å². The molecule has 4 nitrogen and oxygen atoms in total. The maximum atomic E-state index is 11.4. The highest BCUT2D eigenvalue weighted by Gasteiger charge is 2.22. The second-order valence-electron chi connectivity index (χ2n) is 3.43. The van der Waals surface area contributed by atoms with Gasteiger partial charge in [-0.05, 0) is 11.6 Å². The van der Waals surface area contributed by atoms with E-state index in [2.05, 4.69) is 4.98 Å². The van der Waals surface area contributed by atoms with Crippen LogP contribution in [0.3, 0.4) is 0 Å². The molecule has 0 saturated heterocycles. The van der Waals surface area contributed by atoms with Gasteiger partial charge in [0.1, 0.15) is 0 Å². The minimum atomic E-state index is -0.102. The van der Waals surface area contributed by atoms with Crippen molar-refractivity contribution in [2.45, 2.75) is 26.4 Å². The van der Waals surface area contributed by atoms with Crippen LogP contribution in [0.4, 0.5) is 0 Å². The van der Waals surface area contributed by atoms with Gasteiger partial charge in [0.25, 0.3) is 0 Å². The zero-order valence-electron chi connectivity index (χ0n) is 8.04. The monoisotopic (exact) mass is 192 g/mol. The zero-order valence-corrected chi connectivity index (χ0v) is 8.04. The van der Waals surface area contributed by atoms with Crippen molar-refractivity contribution in [2.75, 3.05) is 0 Å². The normalized spacial score (nSPS) is 14.2. The number of hydrogen-bond acceptors (Lipinski definition) is 2. The molecule has 0 aliphatic carbocycles. The van der Waals surface area contributed by atoms with E-state index in [-0.39, 0.29) is 11.5 Å². The maximum Gasteiger partial charge on any atom is 0.248 e. The fraction of sp³-hybridized carbons (Fsp3) is 0.400. The summed E-state index contributed by atoms with van der Waals surface area (Å²) in [5.74, 6) is 0.127. The Morgan fingerprint density at radius 3 is 3.00 bits per heavy atom. The predicted molar refractivity (Wildman–Crippen MR) is 51.6 cm³/mol. The molecule has 4 heteroatoms. The smallest absolute Gasteiger partial charge is 0.248 e. The van der Waals surface area contributed by atoms with Gasteiger partial charge >= 0.3 is 0 Å². The molecule has 1 aromatic heterocycles. The number of nitrogens with zero attached hydrogens (tertiary/aromatic N) is 1. The fourth-order valence-corrected chi connectivity index (χ4v) is 1.69. The summed E-state index contributed by atoms with van der Waals surface area (Å²) in [5, 5.41) is 0. The standard InChI is InChI=1S/C10H12N2O2/c1-2-10(14)12-5-7-3-4-9(13)11-8(7)6-12/h3-4H,2,5-6H2,1H3,(H,11,13). The first-order valence-electron chi connectivity index (χ1n) is 4.69. The molecule has 0 spiro atoms. The van der Waals surface area contributed by atoms with Crippen molar-refractivity contribution in [3.8, 4) is 0 Å². The van der Waals surface area contributed by atoms with Gasteiger partial charge in [0.05, 0.1) is 6.54 Å². The summed E-state index contributed by atoms with van der Waals surface area (Å²) in [5.41, 5.74) is 1.82. The van der Waals surface area contributed by atoms with Crippen molar-refractivity contribution in [1.29, 1.82) is 0 Å². The van der Waals surface area contributed by atoms with Gasteiger partial charge < -0.3 is 9.88 Å². The van der Waals surface area contributed by atoms with E-state index in [9.17, 15) is 9.59 Å². The van der Waals surface area contributed by atoms with Crippen LogP contribution in [-0.4, -0.2) is 15.8 Å². The number of aromatic amines is 1. The summed E-state index contributed by atoms with van der Waals surface area (Å²) in [4.78, 5) is 26.9. The Bertz CT molecular complexity index is 422. The summed E-state index contributed by atoms with van der Waals surface area (Å²) < 4.78 is 0. The van der Waals surface area contributed by atoms with E-state index in [0.29, 0.717) is 19.5 Å². The molecule has 0 bridgehead atoms. The molecule has 1 aromatic rings. The van der Waals surface area contributed by atoms with E-state index in [1.165, 1.54) is 6.07 Å². The second kappa shape index (κ2) is 3.29. The Kier molecular flexibility index (Phi) is 2.11. The molecular weight excluding hydrogens is 180 g/mol. The van der Waals surface area contributed by atoms with Crippen molar-refractivity contribution in [1.82, 2.24) is 9.88 Å². The molecule has 1 aliphatic rings. The highest BCUT2D eigenvalue weighted by atomic mass is 16.2. The van der Waals surface area contributed by atoms with Crippen LogP contribution in [0.5, 0.6) is 0 Å². The van der Waals surface area contributed by atoms with Crippen molar-refractivity contribution >= 4 is 5.91 Å². The van der Waals surface area contributed by atoms with E-state index in [4.69, 9.17) is 0 Å². The predicted octanol–water partition coefficient (Wildman–Crippen LogP) is 0.627. The Hall–Kier alpha value is -1.58. The quantitative estimate of drug-likeness (QED) is 0.709. The minimum absolute atomic E-state index is 0.102. The number of rotatable bonds is 1. The molecule has 74 valence electrons. The SMILES string of the molecule is CCC(=O)N1Cc2ccc(=O)[nH]c2C1. The average Bonchev–Trinajstić information content (AvgIpc) is 2.59. The van der Waals surface area contributed by atoms with Crippen LogP contribution < -0.4 is 5.56 Å². The van der Waals surface area contributed by atoms with Gasteiger partial charge in [-0.25, -0.2) is 0 Å². The summed E-state index contributed by atoms with van der Waals surface area (Å²) >= 11 is 0. The minimum Gasteiger partial charge on any atom is -0.332 e. The Balaban J connectivity index is 2.26. The van der Waals surface area contributed by atoms with Gasteiger partial charge in [0, 0.05) is 24.7 Å². The Morgan fingerprint density at radius 2 is 2.29 bits per heavy atom. The van der Waals surface area contributed by atoms with Gasteiger partial charge in [0.2, 0.25) is 11.5 Å². The van der Waals surface area contributed by atoms with Crippen LogP contribution in [0.15, 0.2) is 16.9 Å². The number of carbonyl (C=O) groups excluding carboxylic acids is 1. The maximum absolute atomic E-state index is 11.4. The largest absolute Gasteiger partial charge is 0.332 e. The third kappa shape index (κ3) is 1.43. The van der Waals surface area contributed by atoms with Crippen LogP contribution in [0, 0.1) is 0 Å². The molecule has 1 amide bonds. The van der Waals surface area contributed by atoms with Crippen LogP contribution in [0.25, 0.3) is 0 Å². The van der Waals surface area contributed by atoms with E-state index < -0.39 is 0 Å². The molecular formula is C10H12N2O2. The average molecular weight is 192 g/mol. The molecule has 0 unspecified atom stereocenters. The number of H-pyrrole nitrogens is 1. The van der Waals surface area contributed by atoms with Crippen LogP contribution >= 0.6 is 0 Å². The number of nitrogens with one attached hydrogen (secondary N) is 1. The number of carbonyl (C=O) groups is 1. The van der Waals surface area contributed by atoms with Gasteiger partial charge in [-0.15, -0.1) is 0 Å². The lowest BCUT2D eigenvalue weighted by molar-refractivity contribution is -0.131. The molecule has 0 atom stereocenters. The van der Waals surface area contributed by atoms with E-state index in [1.54, 1.807) is 11.0 Å². The van der Waals surface area contributed by atoms with E-state index >= 15 is 0 Å². The molecule has 2 heterocycles. The van der Waals surface area contributed by atoms with Gasteiger partial charge in [-0.2, -0.15) is 0 Å². The molecule has 0 aromatic carbocycles. The third-order valence-corrected chi connectivity index (χ3v) is 2.46. The summed E-state index contributed by atoms with van der Waals surface area (Å²) in [6.45, 7) is 3.00. The molecule has 0 saturated carbocycles. The second-order valence-corrected chi connectivity index (χ2v) is 3.43. The van der Waals surface area contributed by atoms with Crippen molar-refractivity contribution in [2.24, 2.45) is 0 Å². The van der Waals surface area contributed by atoms with Crippen molar-refractivity contribution < 1.29 is 4.79 Å². The summed E-state index contributed by atoms with van der Waals surface area (Å²) in [6.07, 6.45) is 0.512. The first kappa shape index (κ1) is 8.99. The van der Waals surface area contributed by atoms with Crippen LogP contribution in [0.2, 0.25) is 0 Å². The first-order chi connectivity index (χ1) is 6.70. The van der Waals surface area contributed by atoms with Gasteiger partial charge in [-0.1, -0.05) is 6.92 Å². The van der Waals surface area contributed by atoms with Gasteiger partial charge in [0.15, 0.2) is 0 Å². The van der Waals surface area contributed by atoms with Crippen LogP contribution in [0.1, 0.15) is 24.6 Å². The molecule has 0 fully saturated rings. The summed E-state index contributed by atoms with van der Waals surface area (Å²) in [7, 11) is 0. The number of pyridine rings is 1. The lowest BCUT2D eigenvalue weighted by Crippen LogP contribution is -2.24. The highest BCUT2D eigenvalue weighted by Crippen LogP contribution is 2.19. The molecule has 2 rings (SSSR count). The molecule has 0 radical (unpaired) electrons. The zero-order chi connectivity index (χ0) is 10.1. The molecule has 1 N–H and O–H groups in total. The Morgan fingerprint density at radius 1 is 1.50 bits per heavy atom. The third-order valence-electron chi connectivity index (χ3n) is 2.46. The van der Waals surface area contributed by atoms with E-state index in [0.717, 1.165) is 11.3 Å². The number of aromatic nitrogens is 1. The lowest BCUT2D eigenvalue weighted by atomic mass is 10.2. The Labute approximate surface area is 81.6 Å².